The lowest BCUT2D eigenvalue weighted by molar-refractivity contribution is -0.142. The Hall–Kier alpha value is -1.05. The minimum atomic E-state index is -0.676. The molecule has 0 unspecified atom stereocenters. The lowest BCUT2D eigenvalue weighted by Gasteiger charge is -2.08. The van der Waals surface area contributed by atoms with Gasteiger partial charge >= 0.3 is 5.97 Å². The minimum absolute atomic E-state index is 0.169. The van der Waals surface area contributed by atoms with E-state index in [1.807, 2.05) is 24.3 Å². The highest BCUT2D eigenvalue weighted by Crippen LogP contribution is 2.38. The number of hydrogen-bond donors (Lipinski definition) is 1. The van der Waals surface area contributed by atoms with Crippen molar-refractivity contribution in [1.82, 2.24) is 0 Å². The van der Waals surface area contributed by atoms with Gasteiger partial charge in [-0.2, -0.15) is 0 Å². The summed E-state index contributed by atoms with van der Waals surface area (Å²) in [4.78, 5) is 10.6. The molecule has 0 heterocycles. The van der Waals surface area contributed by atoms with Crippen LogP contribution in [0.4, 0.5) is 0 Å². The average Bonchev–Trinajstić information content (AvgIpc) is 2.43. The van der Waals surface area contributed by atoms with E-state index in [4.69, 9.17) is 5.11 Å². The molecule has 0 spiro atoms. The van der Waals surface area contributed by atoms with E-state index in [9.17, 15) is 4.79 Å². The van der Waals surface area contributed by atoms with Gasteiger partial charge in [0.15, 0.2) is 0 Å². The summed E-state index contributed by atoms with van der Waals surface area (Å²) >= 11 is 0. The van der Waals surface area contributed by atoms with Crippen molar-refractivity contribution < 1.29 is 9.90 Å². The molecule has 10 heavy (non-hydrogen) atoms. The minimum Gasteiger partial charge on any atom is -0.481 e. The summed E-state index contributed by atoms with van der Waals surface area (Å²) < 4.78 is 0. The Kier molecular flexibility index (Phi) is 0.982. The third-order valence-electron chi connectivity index (χ3n) is 2.23. The van der Waals surface area contributed by atoms with Gasteiger partial charge in [-0.3, -0.25) is 4.79 Å². The second-order valence-corrected chi connectivity index (χ2v) is 2.79. The summed E-state index contributed by atoms with van der Waals surface area (Å²) in [5, 5.41) is 8.71. The first-order valence-electron chi connectivity index (χ1n) is 3.38. The number of allylic oxidation sites excluding steroid dienone is 4. The van der Waals surface area contributed by atoms with E-state index in [2.05, 4.69) is 0 Å². The first-order chi connectivity index (χ1) is 4.79. The fourth-order valence-corrected chi connectivity index (χ4v) is 1.71. The average molecular weight is 136 g/mol. The number of hydrogen-bond acceptors (Lipinski definition) is 1. The van der Waals surface area contributed by atoms with Crippen molar-refractivity contribution in [3.8, 4) is 0 Å². The van der Waals surface area contributed by atoms with E-state index >= 15 is 0 Å². The van der Waals surface area contributed by atoms with Gasteiger partial charge in [0.2, 0.25) is 0 Å². The molecular formula is C8H8O2. The first-order valence-corrected chi connectivity index (χ1v) is 3.38. The fourth-order valence-electron chi connectivity index (χ4n) is 1.71. The summed E-state index contributed by atoms with van der Waals surface area (Å²) in [5.41, 5.74) is 0. The second kappa shape index (κ2) is 1.72. The lowest BCUT2D eigenvalue weighted by atomic mass is 9.96. The summed E-state index contributed by atoms with van der Waals surface area (Å²) in [7, 11) is 0. The topological polar surface area (TPSA) is 37.3 Å². The van der Waals surface area contributed by atoms with Gasteiger partial charge in [0.05, 0.1) is 5.92 Å². The van der Waals surface area contributed by atoms with E-state index in [-0.39, 0.29) is 17.8 Å². The molecule has 0 aromatic carbocycles. The van der Waals surface area contributed by atoms with Gasteiger partial charge in [-0.25, -0.2) is 0 Å². The molecule has 0 fully saturated rings. The van der Waals surface area contributed by atoms with Crippen molar-refractivity contribution in [2.45, 2.75) is 0 Å². The predicted octanol–water partition coefficient (Wildman–Crippen LogP) is 1.06. The summed E-state index contributed by atoms with van der Waals surface area (Å²) in [5.74, 6) is -0.532. The molecule has 0 aliphatic heterocycles. The normalized spacial score (nSPS) is 41.0. The molecule has 2 rings (SSSR count). The van der Waals surface area contributed by atoms with E-state index in [0.717, 1.165) is 0 Å². The highest BCUT2D eigenvalue weighted by molar-refractivity contribution is 5.74. The molecule has 52 valence electrons. The maximum Gasteiger partial charge on any atom is 0.308 e. The second-order valence-electron chi connectivity index (χ2n) is 2.79. The molecule has 1 N–H and O–H groups in total. The molecule has 0 aromatic rings. The van der Waals surface area contributed by atoms with Gasteiger partial charge in [0.1, 0.15) is 0 Å². The third-order valence-corrected chi connectivity index (χ3v) is 2.23. The molecule has 0 atom stereocenters. The molecule has 2 aliphatic rings. The summed E-state index contributed by atoms with van der Waals surface area (Å²) in [6.45, 7) is 0. The number of carboxylic acid groups (broad SMARTS) is 1. The Balaban J connectivity index is 2.26. The van der Waals surface area contributed by atoms with Crippen molar-refractivity contribution in [2.75, 3.05) is 0 Å². The van der Waals surface area contributed by atoms with Gasteiger partial charge < -0.3 is 5.11 Å². The lowest BCUT2D eigenvalue weighted by Crippen LogP contribution is -2.19. The van der Waals surface area contributed by atoms with Crippen LogP contribution in [0, 0.1) is 17.8 Å². The van der Waals surface area contributed by atoms with Crippen LogP contribution in [0.3, 0.4) is 0 Å². The van der Waals surface area contributed by atoms with Crippen LogP contribution in [-0.4, -0.2) is 11.1 Å². The zero-order valence-electron chi connectivity index (χ0n) is 5.40. The Labute approximate surface area is 58.9 Å². The van der Waals surface area contributed by atoms with Crippen LogP contribution in [0.25, 0.3) is 0 Å². The molecule has 2 bridgehead atoms. The summed E-state index contributed by atoms with van der Waals surface area (Å²) in [6.07, 6.45) is 7.90. The van der Waals surface area contributed by atoms with Crippen LogP contribution in [0.5, 0.6) is 0 Å². The Morgan fingerprint density at radius 1 is 1.10 bits per heavy atom. The highest BCUT2D eigenvalue weighted by Gasteiger charge is 2.38. The molecule has 0 saturated carbocycles. The molecule has 0 saturated heterocycles. The van der Waals surface area contributed by atoms with Gasteiger partial charge in [0.25, 0.3) is 0 Å². The highest BCUT2D eigenvalue weighted by atomic mass is 16.4. The molecule has 2 nitrogen and oxygen atoms in total. The van der Waals surface area contributed by atoms with Gasteiger partial charge in [-0.1, -0.05) is 24.3 Å². The Bertz CT molecular complexity index is 197. The molecule has 0 aromatic heterocycles. The molecule has 0 amide bonds. The van der Waals surface area contributed by atoms with E-state index in [1.165, 1.54) is 0 Å². The van der Waals surface area contributed by atoms with E-state index in [0.29, 0.717) is 0 Å². The van der Waals surface area contributed by atoms with Crippen LogP contribution in [0.1, 0.15) is 0 Å². The molecular weight excluding hydrogens is 128 g/mol. The number of rotatable bonds is 1. The van der Waals surface area contributed by atoms with Crippen molar-refractivity contribution >= 4 is 5.97 Å². The first kappa shape index (κ1) is 5.71. The van der Waals surface area contributed by atoms with Crippen LogP contribution in [-0.2, 0) is 4.79 Å². The van der Waals surface area contributed by atoms with Crippen molar-refractivity contribution in [1.29, 1.82) is 0 Å². The van der Waals surface area contributed by atoms with Crippen molar-refractivity contribution in [3.63, 3.8) is 0 Å². The zero-order chi connectivity index (χ0) is 7.14. The number of carbonyl (C=O) groups is 1. The monoisotopic (exact) mass is 136 g/mol. The fraction of sp³-hybridized carbons (Fsp3) is 0.375. The molecule has 2 aliphatic carbocycles. The smallest absolute Gasteiger partial charge is 0.308 e. The Morgan fingerprint density at radius 3 is 1.70 bits per heavy atom. The largest absolute Gasteiger partial charge is 0.481 e. The third kappa shape index (κ3) is 0.561. The van der Waals surface area contributed by atoms with Crippen LogP contribution >= 0.6 is 0 Å². The Morgan fingerprint density at radius 2 is 1.50 bits per heavy atom. The molecule has 0 radical (unpaired) electrons. The number of aliphatic carboxylic acids is 1. The van der Waals surface area contributed by atoms with Gasteiger partial charge in [0, 0.05) is 11.8 Å². The number of carboxylic acids is 1. The molecule has 2 heteroatoms. The van der Waals surface area contributed by atoms with Crippen LogP contribution < -0.4 is 0 Å². The van der Waals surface area contributed by atoms with Gasteiger partial charge in [-0.15, -0.1) is 0 Å². The van der Waals surface area contributed by atoms with Crippen LogP contribution in [0.15, 0.2) is 24.3 Å². The van der Waals surface area contributed by atoms with Crippen molar-refractivity contribution in [3.05, 3.63) is 24.3 Å². The maximum absolute atomic E-state index is 10.6. The van der Waals surface area contributed by atoms with E-state index < -0.39 is 5.97 Å². The maximum atomic E-state index is 10.6. The summed E-state index contributed by atoms with van der Waals surface area (Å²) in [6, 6.07) is 0. The van der Waals surface area contributed by atoms with Crippen molar-refractivity contribution in [2.24, 2.45) is 17.8 Å². The van der Waals surface area contributed by atoms with Crippen LogP contribution in [0.2, 0.25) is 0 Å². The quantitative estimate of drug-likeness (QED) is 0.547. The predicted molar refractivity (Wildman–Crippen MR) is 36.4 cm³/mol. The standard InChI is InChI=1S/C8H8O2/c9-8(10)7-5-1-2-6(7)4-3-5/h1-7H,(H,9,10). The number of fused-ring (bicyclic) bond motifs is 2. The zero-order valence-corrected chi connectivity index (χ0v) is 5.40. The van der Waals surface area contributed by atoms with E-state index in [1.54, 1.807) is 0 Å². The SMILES string of the molecule is O=C(O)C1C2C=CC1C=C2. The van der Waals surface area contributed by atoms with Gasteiger partial charge in [-0.05, 0) is 0 Å².